The average molecular weight is 299 g/mol. The number of aryl methyl sites for hydroxylation is 2. The largest absolute Gasteiger partial charge is 0.398 e. The van der Waals surface area contributed by atoms with Gasteiger partial charge in [0.05, 0.1) is 11.0 Å². The molecule has 21 heavy (non-hydrogen) atoms. The highest BCUT2D eigenvalue weighted by atomic mass is 32.2. The molecule has 0 aliphatic carbocycles. The predicted molar refractivity (Wildman–Crippen MR) is 91.8 cm³/mol. The van der Waals surface area contributed by atoms with E-state index in [4.69, 9.17) is 5.73 Å². The fraction of sp³-hybridized carbons (Fsp3) is 0.278. The number of benzene rings is 2. The van der Waals surface area contributed by atoms with Crippen LogP contribution in [0.15, 0.2) is 42.5 Å². The van der Waals surface area contributed by atoms with Gasteiger partial charge in [-0.15, -0.1) is 11.8 Å². The summed E-state index contributed by atoms with van der Waals surface area (Å²) in [6, 6.07) is 14.4. The molecule has 0 aliphatic rings. The van der Waals surface area contributed by atoms with Crippen LogP contribution in [0.5, 0.6) is 0 Å². The van der Waals surface area contributed by atoms with Crippen LogP contribution in [0, 0.1) is 13.8 Å². The smallest absolute Gasteiger partial charge is 0.139 e. The van der Waals surface area contributed by atoms with Crippen LogP contribution in [0.25, 0.3) is 0 Å². The van der Waals surface area contributed by atoms with Crippen LogP contribution >= 0.6 is 11.8 Å². The van der Waals surface area contributed by atoms with Gasteiger partial charge in [0.15, 0.2) is 0 Å². The first kappa shape index (κ1) is 15.6. The van der Waals surface area contributed by atoms with Gasteiger partial charge in [0.1, 0.15) is 5.78 Å². The highest BCUT2D eigenvalue weighted by Crippen LogP contribution is 2.40. The Morgan fingerprint density at radius 3 is 2.52 bits per heavy atom. The van der Waals surface area contributed by atoms with Crippen molar-refractivity contribution in [1.82, 2.24) is 0 Å². The van der Waals surface area contributed by atoms with Crippen LogP contribution in [-0.4, -0.2) is 11.5 Å². The van der Waals surface area contributed by atoms with Gasteiger partial charge in [0, 0.05) is 5.69 Å². The number of hydrogen-bond donors (Lipinski definition) is 1. The second kappa shape index (κ2) is 6.81. The molecule has 2 nitrogen and oxygen atoms in total. The number of carbonyl (C=O) groups is 1. The molecule has 0 saturated carbocycles. The van der Waals surface area contributed by atoms with E-state index in [1.807, 2.05) is 24.3 Å². The molecule has 0 heterocycles. The van der Waals surface area contributed by atoms with Crippen molar-refractivity contribution in [3.05, 3.63) is 64.7 Å². The van der Waals surface area contributed by atoms with Crippen LogP contribution in [0.2, 0.25) is 0 Å². The summed E-state index contributed by atoms with van der Waals surface area (Å²) in [5, 5.41) is 0.0926. The second-order valence-corrected chi connectivity index (χ2v) is 6.48. The number of anilines is 1. The number of thioether (sulfide) groups is 1. The van der Waals surface area contributed by atoms with Crippen molar-refractivity contribution in [3.63, 3.8) is 0 Å². The molecule has 1 atom stereocenters. The van der Waals surface area contributed by atoms with Crippen molar-refractivity contribution in [3.8, 4) is 0 Å². The fourth-order valence-corrected chi connectivity index (χ4v) is 3.58. The summed E-state index contributed by atoms with van der Waals surface area (Å²) in [5.74, 6) is 0.677. The second-order valence-electron chi connectivity index (χ2n) is 5.38. The molecule has 2 rings (SSSR count). The molecule has 0 bridgehead atoms. The van der Waals surface area contributed by atoms with Crippen molar-refractivity contribution in [1.29, 1.82) is 0 Å². The van der Waals surface area contributed by atoms with Crippen molar-refractivity contribution in [2.24, 2.45) is 0 Å². The maximum absolute atomic E-state index is 11.4. The minimum absolute atomic E-state index is 0.0926. The van der Waals surface area contributed by atoms with E-state index < -0.39 is 0 Å². The number of nitrogens with two attached hydrogens (primary N) is 1. The van der Waals surface area contributed by atoms with E-state index in [9.17, 15) is 4.79 Å². The summed E-state index contributed by atoms with van der Waals surface area (Å²) in [6.07, 6.45) is 0. The Balaban J connectivity index is 2.48. The van der Waals surface area contributed by atoms with Gasteiger partial charge in [-0.25, -0.2) is 0 Å². The Morgan fingerprint density at radius 2 is 1.86 bits per heavy atom. The third-order valence-electron chi connectivity index (χ3n) is 3.45. The zero-order valence-electron chi connectivity index (χ0n) is 12.7. The molecular weight excluding hydrogens is 278 g/mol. The number of hydrogen-bond acceptors (Lipinski definition) is 3. The Labute approximate surface area is 130 Å². The SMILES string of the molecule is CC(=O)CSC(c1ccccc1C)c1cc(C)ccc1N. The van der Waals surface area contributed by atoms with Crippen molar-refractivity contribution >= 4 is 23.2 Å². The molecule has 3 heteroatoms. The summed E-state index contributed by atoms with van der Waals surface area (Å²) in [5.41, 5.74) is 11.7. The summed E-state index contributed by atoms with van der Waals surface area (Å²) in [6.45, 7) is 5.79. The lowest BCUT2D eigenvalue weighted by Gasteiger charge is -2.21. The summed E-state index contributed by atoms with van der Waals surface area (Å²) in [4.78, 5) is 11.4. The number of ketones is 1. The topological polar surface area (TPSA) is 43.1 Å². The minimum Gasteiger partial charge on any atom is -0.398 e. The van der Waals surface area contributed by atoms with E-state index in [0.29, 0.717) is 5.75 Å². The quantitative estimate of drug-likeness (QED) is 0.837. The first-order chi connectivity index (χ1) is 9.99. The Hall–Kier alpha value is -1.74. The van der Waals surface area contributed by atoms with Crippen LogP contribution < -0.4 is 5.73 Å². The molecule has 0 fully saturated rings. The molecule has 0 saturated heterocycles. The zero-order valence-corrected chi connectivity index (χ0v) is 13.5. The number of carbonyl (C=O) groups excluding carboxylic acids is 1. The third kappa shape index (κ3) is 3.88. The number of rotatable bonds is 5. The van der Waals surface area contributed by atoms with E-state index in [1.165, 1.54) is 16.7 Å². The first-order valence-electron chi connectivity index (χ1n) is 7.01. The highest BCUT2D eigenvalue weighted by Gasteiger charge is 2.19. The lowest BCUT2D eigenvalue weighted by atomic mass is 9.97. The molecule has 1 unspecified atom stereocenters. The molecule has 0 amide bonds. The molecule has 2 aromatic carbocycles. The van der Waals surface area contributed by atoms with Crippen LogP contribution in [-0.2, 0) is 4.79 Å². The van der Waals surface area contributed by atoms with Crippen molar-refractivity contribution in [2.45, 2.75) is 26.0 Å². The Bertz CT molecular complexity index is 651. The van der Waals surface area contributed by atoms with Gasteiger partial charge >= 0.3 is 0 Å². The first-order valence-corrected chi connectivity index (χ1v) is 8.06. The molecular formula is C18H21NOS. The van der Waals surface area contributed by atoms with Crippen molar-refractivity contribution < 1.29 is 4.79 Å². The average Bonchev–Trinajstić information content (AvgIpc) is 2.44. The summed E-state index contributed by atoms with van der Waals surface area (Å²) in [7, 11) is 0. The maximum atomic E-state index is 11.4. The Kier molecular flexibility index (Phi) is 5.07. The molecule has 110 valence electrons. The van der Waals surface area contributed by atoms with E-state index in [0.717, 1.165) is 11.3 Å². The lowest BCUT2D eigenvalue weighted by Crippen LogP contribution is -2.06. The van der Waals surface area contributed by atoms with E-state index in [-0.39, 0.29) is 11.0 Å². The molecule has 2 N–H and O–H groups in total. The van der Waals surface area contributed by atoms with Gasteiger partial charge in [-0.05, 0) is 43.5 Å². The fourth-order valence-electron chi connectivity index (χ4n) is 2.35. The highest BCUT2D eigenvalue weighted by molar-refractivity contribution is 8.00. The normalized spacial score (nSPS) is 12.1. The van der Waals surface area contributed by atoms with Gasteiger partial charge in [0.25, 0.3) is 0 Å². The van der Waals surface area contributed by atoms with E-state index in [1.54, 1.807) is 18.7 Å². The van der Waals surface area contributed by atoms with Gasteiger partial charge < -0.3 is 5.73 Å². The lowest BCUT2D eigenvalue weighted by molar-refractivity contribution is -0.114. The standard InChI is InChI=1S/C18H21NOS/c1-12-8-9-17(19)16(10-12)18(21-11-14(3)20)15-7-5-4-6-13(15)2/h4-10,18H,11,19H2,1-3H3. The van der Waals surface area contributed by atoms with Gasteiger partial charge in [0.2, 0.25) is 0 Å². The van der Waals surface area contributed by atoms with E-state index in [2.05, 4.69) is 32.0 Å². The maximum Gasteiger partial charge on any atom is 0.139 e. The van der Waals surface area contributed by atoms with Crippen LogP contribution in [0.1, 0.15) is 34.4 Å². The third-order valence-corrected chi connectivity index (χ3v) is 4.86. The van der Waals surface area contributed by atoms with Gasteiger partial charge in [-0.2, -0.15) is 0 Å². The summed E-state index contributed by atoms with van der Waals surface area (Å²) >= 11 is 1.64. The van der Waals surface area contributed by atoms with E-state index >= 15 is 0 Å². The van der Waals surface area contributed by atoms with Gasteiger partial charge in [-0.3, -0.25) is 4.79 Å². The number of nitrogen functional groups attached to an aromatic ring is 1. The number of Topliss-reactive ketones (excluding diaryl/α,β-unsaturated/α-hetero) is 1. The van der Waals surface area contributed by atoms with Crippen LogP contribution in [0.3, 0.4) is 0 Å². The van der Waals surface area contributed by atoms with Crippen LogP contribution in [0.4, 0.5) is 5.69 Å². The van der Waals surface area contributed by atoms with Gasteiger partial charge in [-0.1, -0.05) is 42.0 Å². The zero-order chi connectivity index (χ0) is 15.4. The molecule has 0 aromatic heterocycles. The molecule has 0 spiro atoms. The summed E-state index contributed by atoms with van der Waals surface area (Å²) < 4.78 is 0. The van der Waals surface area contributed by atoms with Crippen molar-refractivity contribution in [2.75, 3.05) is 11.5 Å². The molecule has 2 aromatic rings. The molecule has 0 aliphatic heterocycles. The molecule has 0 radical (unpaired) electrons. The Morgan fingerprint density at radius 1 is 1.14 bits per heavy atom. The monoisotopic (exact) mass is 299 g/mol. The minimum atomic E-state index is 0.0926. The predicted octanol–water partition coefficient (Wildman–Crippen LogP) is 4.30.